The number of nitrogens with one attached hydrogen (secondary N) is 1. The molecule has 0 aromatic heterocycles. The van der Waals surface area contributed by atoms with Crippen LogP contribution in [0.5, 0.6) is 17.2 Å². The molecule has 8 heteroatoms. The van der Waals surface area contributed by atoms with Gasteiger partial charge in [-0.05, 0) is 6.92 Å². The Bertz CT molecular complexity index is 607. The van der Waals surface area contributed by atoms with E-state index in [2.05, 4.69) is 5.32 Å². The van der Waals surface area contributed by atoms with Crippen LogP contribution in [0.3, 0.4) is 0 Å². The van der Waals surface area contributed by atoms with E-state index in [0.29, 0.717) is 25.4 Å². The van der Waals surface area contributed by atoms with E-state index in [1.807, 2.05) is 6.92 Å². The molecular formula is C14H22N2O5S. The molecular weight excluding hydrogens is 308 g/mol. The van der Waals surface area contributed by atoms with Gasteiger partial charge in [0.15, 0.2) is 4.90 Å². The molecule has 7 nitrogen and oxygen atoms in total. The maximum atomic E-state index is 13.1. The summed E-state index contributed by atoms with van der Waals surface area (Å²) in [7, 11) is 0.617. The number of hydrogen-bond donors (Lipinski definition) is 1. The lowest BCUT2D eigenvalue weighted by Crippen LogP contribution is -2.52. The second-order valence-electron chi connectivity index (χ2n) is 5.03. The predicted octanol–water partition coefficient (Wildman–Crippen LogP) is 0.695. The van der Waals surface area contributed by atoms with Crippen molar-refractivity contribution in [1.29, 1.82) is 0 Å². The van der Waals surface area contributed by atoms with Gasteiger partial charge in [0.1, 0.15) is 17.2 Å². The Hall–Kier alpha value is -1.51. The maximum absolute atomic E-state index is 13.1. The van der Waals surface area contributed by atoms with Crippen molar-refractivity contribution < 1.29 is 22.6 Å². The van der Waals surface area contributed by atoms with Gasteiger partial charge in [-0.1, -0.05) is 0 Å². The van der Waals surface area contributed by atoms with Crippen molar-refractivity contribution in [3.63, 3.8) is 0 Å². The summed E-state index contributed by atoms with van der Waals surface area (Å²) in [5.74, 6) is 0.893. The minimum Gasteiger partial charge on any atom is -0.496 e. The smallest absolute Gasteiger partial charge is 0.250 e. The van der Waals surface area contributed by atoms with Gasteiger partial charge >= 0.3 is 0 Å². The third-order valence-corrected chi connectivity index (χ3v) is 5.76. The second kappa shape index (κ2) is 6.72. The molecule has 1 aliphatic rings. The predicted molar refractivity (Wildman–Crippen MR) is 82.3 cm³/mol. The SMILES string of the molecule is COc1cc(OC)c(S(=O)(=O)N2CCNC[C@@H]2C)c(OC)c1. The zero-order valence-electron chi connectivity index (χ0n) is 13.3. The van der Waals surface area contributed by atoms with E-state index in [0.717, 1.165) is 0 Å². The van der Waals surface area contributed by atoms with Crippen molar-refractivity contribution in [2.24, 2.45) is 0 Å². The van der Waals surface area contributed by atoms with Crippen molar-refractivity contribution in [3.8, 4) is 17.2 Å². The van der Waals surface area contributed by atoms with Gasteiger partial charge < -0.3 is 19.5 Å². The quantitative estimate of drug-likeness (QED) is 0.856. The van der Waals surface area contributed by atoms with Crippen molar-refractivity contribution in [3.05, 3.63) is 12.1 Å². The molecule has 1 aromatic carbocycles. The lowest BCUT2D eigenvalue weighted by molar-refractivity contribution is 0.280. The van der Waals surface area contributed by atoms with Gasteiger partial charge in [-0.25, -0.2) is 8.42 Å². The zero-order valence-corrected chi connectivity index (χ0v) is 14.1. The van der Waals surface area contributed by atoms with E-state index in [-0.39, 0.29) is 22.4 Å². The number of benzene rings is 1. The maximum Gasteiger partial charge on any atom is 0.250 e. The van der Waals surface area contributed by atoms with Crippen molar-refractivity contribution in [2.75, 3.05) is 41.0 Å². The van der Waals surface area contributed by atoms with Crippen LogP contribution in [0.4, 0.5) is 0 Å². The van der Waals surface area contributed by atoms with Gasteiger partial charge in [-0.15, -0.1) is 0 Å². The van der Waals surface area contributed by atoms with E-state index in [9.17, 15) is 8.42 Å². The second-order valence-corrected chi connectivity index (χ2v) is 6.86. The first-order chi connectivity index (χ1) is 10.5. The van der Waals surface area contributed by atoms with Gasteiger partial charge in [0.05, 0.1) is 21.3 Å². The molecule has 2 rings (SSSR count). The summed E-state index contributed by atoms with van der Waals surface area (Å²) >= 11 is 0. The Morgan fingerprint density at radius 3 is 2.18 bits per heavy atom. The summed E-state index contributed by atoms with van der Waals surface area (Å²) in [6.45, 7) is 3.50. The van der Waals surface area contributed by atoms with E-state index < -0.39 is 10.0 Å². The van der Waals surface area contributed by atoms with Crippen molar-refractivity contribution in [1.82, 2.24) is 9.62 Å². The minimum atomic E-state index is -3.73. The summed E-state index contributed by atoms with van der Waals surface area (Å²) in [4.78, 5) is 0.0343. The average Bonchev–Trinajstić information content (AvgIpc) is 2.53. The Morgan fingerprint density at radius 1 is 1.14 bits per heavy atom. The number of nitrogens with zero attached hydrogens (tertiary/aromatic N) is 1. The normalized spacial score (nSPS) is 19.7. The number of ether oxygens (including phenoxy) is 3. The Morgan fingerprint density at radius 2 is 1.73 bits per heavy atom. The first kappa shape index (κ1) is 16.9. The van der Waals surface area contributed by atoms with E-state index in [1.165, 1.54) is 25.6 Å². The molecule has 0 bridgehead atoms. The molecule has 1 saturated heterocycles. The lowest BCUT2D eigenvalue weighted by atomic mass is 10.3. The topological polar surface area (TPSA) is 77.1 Å². The van der Waals surface area contributed by atoms with Gasteiger partial charge in [-0.2, -0.15) is 4.31 Å². The monoisotopic (exact) mass is 330 g/mol. The highest BCUT2D eigenvalue weighted by molar-refractivity contribution is 7.89. The van der Waals surface area contributed by atoms with Crippen molar-refractivity contribution in [2.45, 2.75) is 17.9 Å². The standard InChI is InChI=1S/C14H22N2O5S/c1-10-9-15-5-6-16(10)22(17,18)14-12(20-3)7-11(19-2)8-13(14)21-4/h7-8,10,15H,5-6,9H2,1-4H3/t10-/m0/s1. The summed E-state index contributed by atoms with van der Waals surface area (Å²) < 4.78 is 43.3. The fraction of sp³-hybridized carbons (Fsp3) is 0.571. The highest BCUT2D eigenvalue weighted by Gasteiger charge is 2.36. The molecule has 0 spiro atoms. The molecule has 0 aliphatic carbocycles. The molecule has 1 fully saturated rings. The summed E-state index contributed by atoms with van der Waals surface area (Å²) in [5, 5.41) is 3.17. The molecule has 1 heterocycles. The summed E-state index contributed by atoms with van der Waals surface area (Å²) in [6.07, 6.45) is 0. The molecule has 0 radical (unpaired) electrons. The number of hydrogen-bond acceptors (Lipinski definition) is 6. The van der Waals surface area contributed by atoms with Gasteiger partial charge in [0.25, 0.3) is 10.0 Å². The largest absolute Gasteiger partial charge is 0.496 e. The third-order valence-electron chi connectivity index (χ3n) is 3.68. The molecule has 1 atom stereocenters. The van der Waals surface area contributed by atoms with E-state index in [4.69, 9.17) is 14.2 Å². The molecule has 1 N–H and O–H groups in total. The third kappa shape index (κ3) is 2.99. The minimum absolute atomic E-state index is 0.0343. The first-order valence-corrected chi connectivity index (χ1v) is 8.42. The van der Waals surface area contributed by atoms with Crippen LogP contribution in [-0.2, 0) is 10.0 Å². The Labute approximate surface area is 131 Å². The van der Waals surface area contributed by atoms with Crippen LogP contribution in [0.15, 0.2) is 17.0 Å². The van der Waals surface area contributed by atoms with Gasteiger partial charge in [-0.3, -0.25) is 0 Å². The van der Waals surface area contributed by atoms with Crippen LogP contribution < -0.4 is 19.5 Å². The van der Waals surface area contributed by atoms with Crippen LogP contribution in [-0.4, -0.2) is 59.7 Å². The van der Waals surface area contributed by atoms with Crippen LogP contribution in [0, 0.1) is 0 Å². The molecule has 0 amide bonds. The molecule has 1 aromatic rings. The van der Waals surface area contributed by atoms with E-state index in [1.54, 1.807) is 12.1 Å². The Kier molecular flexibility index (Phi) is 5.15. The first-order valence-electron chi connectivity index (χ1n) is 6.98. The molecule has 22 heavy (non-hydrogen) atoms. The molecule has 1 aliphatic heterocycles. The average molecular weight is 330 g/mol. The fourth-order valence-corrected chi connectivity index (χ4v) is 4.43. The number of piperazine rings is 1. The summed E-state index contributed by atoms with van der Waals surface area (Å²) in [5.41, 5.74) is 0. The van der Waals surface area contributed by atoms with Crippen LogP contribution in [0.2, 0.25) is 0 Å². The molecule has 0 saturated carbocycles. The highest BCUT2D eigenvalue weighted by Crippen LogP contribution is 2.39. The number of rotatable bonds is 5. The van der Waals surface area contributed by atoms with Crippen LogP contribution >= 0.6 is 0 Å². The lowest BCUT2D eigenvalue weighted by Gasteiger charge is -2.33. The highest BCUT2D eigenvalue weighted by atomic mass is 32.2. The molecule has 124 valence electrons. The van der Waals surface area contributed by atoms with Crippen LogP contribution in [0.1, 0.15) is 6.92 Å². The zero-order chi connectivity index (χ0) is 16.3. The van der Waals surface area contributed by atoms with Crippen LogP contribution in [0.25, 0.3) is 0 Å². The number of sulfonamides is 1. The van der Waals surface area contributed by atoms with Gasteiger partial charge in [0, 0.05) is 37.8 Å². The van der Waals surface area contributed by atoms with Gasteiger partial charge in [0.2, 0.25) is 0 Å². The van der Waals surface area contributed by atoms with E-state index >= 15 is 0 Å². The Balaban J connectivity index is 2.58. The summed E-state index contributed by atoms with van der Waals surface area (Å²) in [6, 6.07) is 2.94. The fourth-order valence-electron chi connectivity index (χ4n) is 2.52. The molecule has 0 unspecified atom stereocenters. The van der Waals surface area contributed by atoms with Crippen molar-refractivity contribution >= 4 is 10.0 Å². The number of methoxy groups -OCH3 is 3.